The third-order valence-electron chi connectivity index (χ3n) is 4.46. The molecule has 0 unspecified atom stereocenters. The van der Waals surface area contributed by atoms with E-state index in [0.29, 0.717) is 11.7 Å². The lowest BCUT2D eigenvalue weighted by Crippen LogP contribution is -2.25. The number of rotatable bonds is 5. The molecule has 0 saturated heterocycles. The second-order valence-electron chi connectivity index (χ2n) is 6.22. The van der Waals surface area contributed by atoms with Crippen molar-refractivity contribution < 1.29 is 9.21 Å². The number of benzene rings is 1. The van der Waals surface area contributed by atoms with E-state index in [1.165, 1.54) is 11.8 Å². The SMILES string of the molecule is Cc1occc1-c1nnc(SCC(=O)N2CCC(c3ccccc3)=N2)n1C. The van der Waals surface area contributed by atoms with E-state index in [0.717, 1.165) is 34.8 Å². The Morgan fingerprint density at radius 2 is 2.04 bits per heavy atom. The third kappa shape index (κ3) is 3.52. The van der Waals surface area contributed by atoms with Crippen LogP contribution >= 0.6 is 11.8 Å². The van der Waals surface area contributed by atoms with Gasteiger partial charge in [0, 0.05) is 13.5 Å². The van der Waals surface area contributed by atoms with E-state index in [2.05, 4.69) is 15.3 Å². The summed E-state index contributed by atoms with van der Waals surface area (Å²) in [6.45, 7) is 2.50. The first-order chi connectivity index (χ1) is 13.1. The molecular formula is C19H19N5O2S. The lowest BCUT2D eigenvalue weighted by Gasteiger charge is -2.10. The number of carbonyl (C=O) groups is 1. The Labute approximate surface area is 161 Å². The molecule has 0 bridgehead atoms. The van der Waals surface area contributed by atoms with Gasteiger partial charge in [-0.2, -0.15) is 5.10 Å². The summed E-state index contributed by atoms with van der Waals surface area (Å²) in [6.07, 6.45) is 2.40. The second kappa shape index (κ2) is 7.40. The van der Waals surface area contributed by atoms with Gasteiger partial charge >= 0.3 is 0 Å². The summed E-state index contributed by atoms with van der Waals surface area (Å²) in [5.74, 6) is 1.75. The molecule has 0 fully saturated rings. The molecule has 0 spiro atoms. The summed E-state index contributed by atoms with van der Waals surface area (Å²) < 4.78 is 7.21. The Hall–Kier alpha value is -2.87. The number of aryl methyl sites for hydroxylation is 1. The highest BCUT2D eigenvalue weighted by Gasteiger charge is 2.22. The van der Waals surface area contributed by atoms with Crippen molar-refractivity contribution in [3.05, 3.63) is 54.0 Å². The smallest absolute Gasteiger partial charge is 0.253 e. The Morgan fingerprint density at radius 3 is 2.78 bits per heavy atom. The molecule has 0 N–H and O–H groups in total. The van der Waals surface area contributed by atoms with Gasteiger partial charge in [0.15, 0.2) is 11.0 Å². The van der Waals surface area contributed by atoms with Gasteiger partial charge in [-0.3, -0.25) is 4.79 Å². The van der Waals surface area contributed by atoms with Crippen molar-refractivity contribution in [1.29, 1.82) is 0 Å². The quantitative estimate of drug-likeness (QED) is 0.635. The summed E-state index contributed by atoms with van der Waals surface area (Å²) in [5.41, 5.74) is 2.92. The van der Waals surface area contributed by atoms with Crippen LogP contribution in [0.2, 0.25) is 0 Å². The first-order valence-corrected chi connectivity index (χ1v) is 9.62. The first-order valence-electron chi connectivity index (χ1n) is 8.63. The van der Waals surface area contributed by atoms with E-state index in [1.807, 2.05) is 54.9 Å². The number of hydrazone groups is 1. The topological polar surface area (TPSA) is 76.5 Å². The molecule has 0 aliphatic carbocycles. The van der Waals surface area contributed by atoms with Gasteiger partial charge in [0.05, 0.1) is 29.8 Å². The Bertz CT molecular complexity index is 993. The van der Waals surface area contributed by atoms with Crippen LogP contribution in [0.15, 0.2) is 57.3 Å². The van der Waals surface area contributed by atoms with Crippen molar-refractivity contribution in [2.45, 2.75) is 18.5 Å². The van der Waals surface area contributed by atoms with Crippen molar-refractivity contribution in [3.63, 3.8) is 0 Å². The van der Waals surface area contributed by atoms with Crippen molar-refractivity contribution in [1.82, 2.24) is 19.8 Å². The van der Waals surface area contributed by atoms with Crippen LogP contribution in [0.25, 0.3) is 11.4 Å². The molecule has 7 nitrogen and oxygen atoms in total. The van der Waals surface area contributed by atoms with Crippen molar-refractivity contribution >= 4 is 23.4 Å². The molecule has 3 aromatic rings. The summed E-state index contributed by atoms with van der Waals surface area (Å²) in [7, 11) is 1.89. The standard InChI is InChI=1S/C19H19N5O2S/c1-13-15(9-11-26-13)18-20-21-19(23(18)2)27-12-17(25)24-10-8-16(22-24)14-6-4-3-5-7-14/h3-7,9,11H,8,10,12H2,1-2H3. The van der Waals surface area contributed by atoms with Gasteiger partial charge < -0.3 is 8.98 Å². The molecule has 8 heteroatoms. The fourth-order valence-electron chi connectivity index (χ4n) is 2.96. The second-order valence-corrected chi connectivity index (χ2v) is 7.17. The zero-order valence-electron chi connectivity index (χ0n) is 15.1. The molecule has 1 amide bonds. The Morgan fingerprint density at radius 1 is 1.22 bits per heavy atom. The molecule has 1 aliphatic heterocycles. The number of nitrogens with zero attached hydrogens (tertiary/aromatic N) is 5. The lowest BCUT2D eigenvalue weighted by molar-refractivity contribution is -0.127. The average molecular weight is 381 g/mol. The molecule has 2 aromatic heterocycles. The highest BCUT2D eigenvalue weighted by molar-refractivity contribution is 7.99. The molecule has 138 valence electrons. The number of amides is 1. The lowest BCUT2D eigenvalue weighted by atomic mass is 10.1. The largest absolute Gasteiger partial charge is 0.469 e. The van der Waals surface area contributed by atoms with Gasteiger partial charge in [0.1, 0.15) is 5.76 Å². The zero-order valence-corrected chi connectivity index (χ0v) is 15.9. The molecular weight excluding hydrogens is 362 g/mol. The number of aromatic nitrogens is 3. The van der Waals surface area contributed by atoms with E-state index < -0.39 is 0 Å². The van der Waals surface area contributed by atoms with Gasteiger partial charge in [-0.25, -0.2) is 5.01 Å². The summed E-state index contributed by atoms with van der Waals surface area (Å²) in [6, 6.07) is 11.8. The highest BCUT2D eigenvalue weighted by Crippen LogP contribution is 2.26. The number of furan rings is 1. The molecule has 0 saturated carbocycles. The molecule has 0 radical (unpaired) electrons. The van der Waals surface area contributed by atoms with Crippen LogP contribution in [-0.2, 0) is 11.8 Å². The Balaban J connectivity index is 1.41. The summed E-state index contributed by atoms with van der Waals surface area (Å²) in [4.78, 5) is 12.5. The monoisotopic (exact) mass is 381 g/mol. The van der Waals surface area contributed by atoms with Crippen LogP contribution < -0.4 is 0 Å². The van der Waals surface area contributed by atoms with Crippen LogP contribution in [0, 0.1) is 6.92 Å². The fourth-order valence-corrected chi connectivity index (χ4v) is 3.74. The normalized spacial score (nSPS) is 13.9. The maximum Gasteiger partial charge on any atom is 0.253 e. The highest BCUT2D eigenvalue weighted by atomic mass is 32.2. The average Bonchev–Trinajstić information content (AvgIpc) is 3.41. The molecule has 1 aromatic carbocycles. The van der Waals surface area contributed by atoms with Gasteiger partial charge in [0.2, 0.25) is 0 Å². The van der Waals surface area contributed by atoms with Crippen molar-refractivity contribution in [2.75, 3.05) is 12.3 Å². The molecule has 1 aliphatic rings. The fraction of sp³-hybridized carbons (Fsp3) is 0.263. The van der Waals surface area contributed by atoms with Gasteiger partial charge in [-0.05, 0) is 18.6 Å². The first kappa shape index (κ1) is 17.5. The van der Waals surface area contributed by atoms with E-state index >= 15 is 0 Å². The molecule has 0 atom stereocenters. The minimum absolute atomic E-state index is 0.0324. The summed E-state index contributed by atoms with van der Waals surface area (Å²) >= 11 is 1.36. The van der Waals surface area contributed by atoms with E-state index in [4.69, 9.17) is 4.42 Å². The third-order valence-corrected chi connectivity index (χ3v) is 5.46. The van der Waals surface area contributed by atoms with E-state index in [9.17, 15) is 4.79 Å². The number of hydrogen-bond donors (Lipinski definition) is 0. The van der Waals surface area contributed by atoms with Gasteiger partial charge in [-0.1, -0.05) is 42.1 Å². The minimum Gasteiger partial charge on any atom is -0.469 e. The number of hydrogen-bond acceptors (Lipinski definition) is 6. The van der Waals surface area contributed by atoms with E-state index in [-0.39, 0.29) is 11.7 Å². The Kier molecular flexibility index (Phi) is 4.81. The van der Waals surface area contributed by atoms with Gasteiger partial charge in [-0.15, -0.1) is 10.2 Å². The van der Waals surface area contributed by atoms with E-state index in [1.54, 1.807) is 11.3 Å². The summed E-state index contributed by atoms with van der Waals surface area (Å²) in [5, 5.41) is 15.1. The maximum atomic E-state index is 12.5. The zero-order chi connectivity index (χ0) is 18.8. The van der Waals surface area contributed by atoms with Crippen LogP contribution in [0.3, 0.4) is 0 Å². The molecule has 4 rings (SSSR count). The van der Waals surface area contributed by atoms with Crippen molar-refractivity contribution in [2.24, 2.45) is 12.1 Å². The number of thioether (sulfide) groups is 1. The maximum absolute atomic E-state index is 12.5. The minimum atomic E-state index is -0.0324. The predicted molar refractivity (Wildman–Crippen MR) is 103 cm³/mol. The van der Waals surface area contributed by atoms with Crippen LogP contribution in [0.4, 0.5) is 0 Å². The van der Waals surface area contributed by atoms with Crippen LogP contribution in [0.1, 0.15) is 17.7 Å². The molecule has 27 heavy (non-hydrogen) atoms. The molecule has 3 heterocycles. The van der Waals surface area contributed by atoms with Crippen molar-refractivity contribution in [3.8, 4) is 11.4 Å². The number of carbonyl (C=O) groups excluding carboxylic acids is 1. The van der Waals surface area contributed by atoms with Crippen LogP contribution in [-0.4, -0.2) is 43.7 Å². The van der Waals surface area contributed by atoms with Gasteiger partial charge in [0.25, 0.3) is 5.91 Å². The predicted octanol–water partition coefficient (Wildman–Crippen LogP) is 3.11. The van der Waals surface area contributed by atoms with Crippen LogP contribution in [0.5, 0.6) is 0 Å².